The lowest BCUT2D eigenvalue weighted by Gasteiger charge is -2.42. The Morgan fingerprint density at radius 1 is 1.10 bits per heavy atom. The number of piperazine rings is 1. The van der Waals surface area contributed by atoms with E-state index in [-0.39, 0.29) is 17.6 Å². The van der Waals surface area contributed by atoms with E-state index in [0.717, 1.165) is 13.1 Å². The van der Waals surface area contributed by atoms with Crippen molar-refractivity contribution in [2.45, 2.75) is 46.2 Å². The highest BCUT2D eigenvalue weighted by molar-refractivity contribution is 5.76. The molecule has 0 saturated carbocycles. The Balaban J connectivity index is 2.45. The molecule has 0 aliphatic carbocycles. The third-order valence-corrected chi connectivity index (χ3v) is 4.01. The van der Waals surface area contributed by atoms with Crippen LogP contribution in [0.1, 0.15) is 34.6 Å². The third kappa shape index (κ3) is 4.37. The summed E-state index contributed by atoms with van der Waals surface area (Å²) in [5.41, 5.74) is 0.119. The monoisotopic (exact) mass is 285 g/mol. The summed E-state index contributed by atoms with van der Waals surface area (Å²) in [6.45, 7) is 12.9. The van der Waals surface area contributed by atoms with Crippen LogP contribution >= 0.6 is 0 Å². The van der Waals surface area contributed by atoms with Gasteiger partial charge in [-0.15, -0.1) is 0 Å². The van der Waals surface area contributed by atoms with Crippen LogP contribution in [-0.2, 0) is 4.79 Å². The van der Waals surface area contributed by atoms with Crippen LogP contribution in [0.2, 0.25) is 0 Å². The summed E-state index contributed by atoms with van der Waals surface area (Å²) in [6, 6.07) is -0.542. The molecule has 1 heterocycles. The van der Waals surface area contributed by atoms with Gasteiger partial charge in [0.15, 0.2) is 0 Å². The summed E-state index contributed by atoms with van der Waals surface area (Å²) >= 11 is 0. The number of carboxylic acid groups (broad SMARTS) is 1. The van der Waals surface area contributed by atoms with Gasteiger partial charge in [0.2, 0.25) is 0 Å². The number of rotatable bonds is 3. The summed E-state index contributed by atoms with van der Waals surface area (Å²) in [7, 11) is 0. The number of nitrogens with zero attached hydrogens (tertiary/aromatic N) is 2. The van der Waals surface area contributed by atoms with E-state index >= 15 is 0 Å². The van der Waals surface area contributed by atoms with Gasteiger partial charge in [-0.05, 0) is 34.6 Å². The minimum absolute atomic E-state index is 0.119. The fourth-order valence-corrected chi connectivity index (χ4v) is 2.21. The van der Waals surface area contributed by atoms with Crippen LogP contribution in [0.25, 0.3) is 0 Å². The fourth-order valence-electron chi connectivity index (χ4n) is 2.21. The first-order valence-electron chi connectivity index (χ1n) is 7.16. The largest absolute Gasteiger partial charge is 0.481 e. The smallest absolute Gasteiger partial charge is 0.317 e. The first-order chi connectivity index (χ1) is 9.12. The number of nitrogens with one attached hydrogen (secondary N) is 1. The number of amides is 2. The molecule has 2 amide bonds. The second kappa shape index (κ2) is 6.43. The first-order valence-corrected chi connectivity index (χ1v) is 7.16. The van der Waals surface area contributed by atoms with Crippen LogP contribution < -0.4 is 5.32 Å². The second-order valence-corrected chi connectivity index (χ2v) is 6.51. The van der Waals surface area contributed by atoms with Crippen molar-refractivity contribution in [3.05, 3.63) is 0 Å². The molecular formula is C14H27N3O3. The molecule has 6 heteroatoms. The van der Waals surface area contributed by atoms with Gasteiger partial charge in [0.05, 0.1) is 5.92 Å². The highest BCUT2D eigenvalue weighted by Gasteiger charge is 2.29. The molecule has 6 nitrogen and oxygen atoms in total. The molecule has 0 radical (unpaired) electrons. The van der Waals surface area contributed by atoms with Crippen molar-refractivity contribution in [3.8, 4) is 0 Å². The number of hydrogen-bond acceptors (Lipinski definition) is 3. The molecule has 1 rings (SSSR count). The van der Waals surface area contributed by atoms with Gasteiger partial charge >= 0.3 is 12.0 Å². The number of urea groups is 1. The van der Waals surface area contributed by atoms with E-state index in [1.165, 1.54) is 0 Å². The highest BCUT2D eigenvalue weighted by Crippen LogP contribution is 2.16. The Hall–Kier alpha value is -1.30. The van der Waals surface area contributed by atoms with Crippen LogP contribution in [0.4, 0.5) is 4.79 Å². The Kier molecular flexibility index (Phi) is 5.39. The average molecular weight is 285 g/mol. The van der Waals surface area contributed by atoms with Crippen molar-refractivity contribution in [1.29, 1.82) is 0 Å². The van der Waals surface area contributed by atoms with Crippen molar-refractivity contribution in [2.24, 2.45) is 5.92 Å². The minimum atomic E-state index is -0.893. The molecule has 2 unspecified atom stereocenters. The van der Waals surface area contributed by atoms with Gasteiger partial charge in [-0.3, -0.25) is 9.69 Å². The van der Waals surface area contributed by atoms with E-state index in [0.29, 0.717) is 13.1 Å². The van der Waals surface area contributed by atoms with Crippen molar-refractivity contribution in [3.63, 3.8) is 0 Å². The van der Waals surface area contributed by atoms with Crippen LogP contribution in [-0.4, -0.2) is 64.7 Å². The SMILES string of the molecule is CC(NC(=O)N1CCN(C(C)(C)C)CC1)C(C)C(=O)O. The molecule has 0 aromatic rings. The van der Waals surface area contributed by atoms with E-state index in [1.807, 2.05) is 0 Å². The topological polar surface area (TPSA) is 72.9 Å². The zero-order valence-electron chi connectivity index (χ0n) is 13.1. The van der Waals surface area contributed by atoms with Crippen molar-refractivity contribution in [2.75, 3.05) is 26.2 Å². The van der Waals surface area contributed by atoms with E-state index < -0.39 is 11.9 Å². The van der Waals surface area contributed by atoms with E-state index in [9.17, 15) is 9.59 Å². The molecule has 0 bridgehead atoms. The first kappa shape index (κ1) is 16.8. The van der Waals surface area contributed by atoms with Crippen molar-refractivity contribution in [1.82, 2.24) is 15.1 Å². The highest BCUT2D eigenvalue weighted by atomic mass is 16.4. The Labute approximate surface area is 121 Å². The Morgan fingerprint density at radius 3 is 2.00 bits per heavy atom. The zero-order chi connectivity index (χ0) is 15.5. The van der Waals surface area contributed by atoms with Gasteiger partial charge in [0.1, 0.15) is 0 Å². The Bertz CT molecular complexity index is 357. The fraction of sp³-hybridized carbons (Fsp3) is 0.857. The number of aliphatic carboxylic acids is 1. The van der Waals surface area contributed by atoms with Crippen LogP contribution in [0.5, 0.6) is 0 Å². The maximum Gasteiger partial charge on any atom is 0.317 e. The van der Waals surface area contributed by atoms with Gasteiger partial charge in [0.25, 0.3) is 0 Å². The number of hydrogen-bond donors (Lipinski definition) is 2. The van der Waals surface area contributed by atoms with Crippen molar-refractivity contribution < 1.29 is 14.7 Å². The van der Waals surface area contributed by atoms with Gasteiger partial charge in [0, 0.05) is 37.8 Å². The predicted molar refractivity (Wildman–Crippen MR) is 77.7 cm³/mol. The second-order valence-electron chi connectivity index (χ2n) is 6.51. The lowest BCUT2D eigenvalue weighted by molar-refractivity contribution is -0.141. The number of carboxylic acids is 1. The molecule has 20 heavy (non-hydrogen) atoms. The van der Waals surface area contributed by atoms with Gasteiger partial charge in [-0.2, -0.15) is 0 Å². The van der Waals surface area contributed by atoms with Gasteiger partial charge in [-0.1, -0.05) is 0 Å². The summed E-state index contributed by atoms with van der Waals surface area (Å²) < 4.78 is 0. The van der Waals surface area contributed by atoms with Crippen molar-refractivity contribution >= 4 is 12.0 Å². The van der Waals surface area contributed by atoms with Crippen LogP contribution in [0.15, 0.2) is 0 Å². The number of carbonyl (C=O) groups excluding carboxylic acids is 1. The quantitative estimate of drug-likeness (QED) is 0.818. The normalized spacial score (nSPS) is 20.4. The van der Waals surface area contributed by atoms with Gasteiger partial charge in [-0.25, -0.2) is 4.79 Å². The van der Waals surface area contributed by atoms with E-state index in [2.05, 4.69) is 31.0 Å². The average Bonchev–Trinajstić information content (AvgIpc) is 2.36. The molecule has 1 aliphatic rings. The standard InChI is InChI=1S/C14H27N3O3/c1-10(12(18)19)11(2)15-13(20)16-6-8-17(9-7-16)14(3,4)5/h10-11H,6-9H2,1-5H3,(H,15,20)(H,18,19). The summed E-state index contributed by atoms with van der Waals surface area (Å²) in [6.07, 6.45) is 0. The summed E-state index contributed by atoms with van der Waals surface area (Å²) in [5.74, 6) is -1.48. The molecule has 1 fully saturated rings. The molecule has 1 aliphatic heterocycles. The third-order valence-electron chi connectivity index (χ3n) is 4.01. The Morgan fingerprint density at radius 2 is 1.60 bits per heavy atom. The molecule has 116 valence electrons. The van der Waals surface area contributed by atoms with Gasteiger partial charge < -0.3 is 15.3 Å². The maximum absolute atomic E-state index is 12.1. The molecular weight excluding hydrogens is 258 g/mol. The van der Waals surface area contributed by atoms with E-state index in [4.69, 9.17) is 5.11 Å². The lowest BCUT2D eigenvalue weighted by Crippen LogP contribution is -2.57. The number of carbonyl (C=O) groups is 2. The maximum atomic E-state index is 12.1. The predicted octanol–water partition coefficient (Wildman–Crippen LogP) is 1.22. The molecule has 0 aromatic carbocycles. The van der Waals surface area contributed by atoms with Crippen LogP contribution in [0, 0.1) is 5.92 Å². The molecule has 0 aromatic heterocycles. The van der Waals surface area contributed by atoms with Crippen LogP contribution in [0.3, 0.4) is 0 Å². The summed E-state index contributed by atoms with van der Waals surface area (Å²) in [4.78, 5) is 27.1. The molecule has 2 atom stereocenters. The molecule has 1 saturated heterocycles. The molecule has 2 N–H and O–H groups in total. The molecule has 0 spiro atoms. The lowest BCUT2D eigenvalue weighted by atomic mass is 10.0. The summed E-state index contributed by atoms with van der Waals surface area (Å²) in [5, 5.41) is 11.7. The minimum Gasteiger partial charge on any atom is -0.481 e. The zero-order valence-corrected chi connectivity index (χ0v) is 13.1. The van der Waals surface area contributed by atoms with E-state index in [1.54, 1.807) is 18.7 Å².